The number of carbonyl (C=O) groups is 3. The number of benzene rings is 1. The molecule has 0 aliphatic carbocycles. The number of nitrogens with one attached hydrogen (secondary N) is 1. The van der Waals surface area contributed by atoms with Crippen LogP contribution in [-0.2, 0) is 9.53 Å². The van der Waals surface area contributed by atoms with Crippen LogP contribution in [0.25, 0.3) is 11.1 Å². The van der Waals surface area contributed by atoms with Gasteiger partial charge in [-0.2, -0.15) is 0 Å². The van der Waals surface area contributed by atoms with Crippen molar-refractivity contribution < 1.29 is 23.9 Å². The van der Waals surface area contributed by atoms with Crippen molar-refractivity contribution in [3.8, 4) is 16.9 Å². The van der Waals surface area contributed by atoms with Crippen LogP contribution in [0.4, 0.5) is 0 Å². The molecule has 1 saturated heterocycles. The van der Waals surface area contributed by atoms with Gasteiger partial charge in [0.2, 0.25) is 0 Å². The number of amides is 1. The summed E-state index contributed by atoms with van der Waals surface area (Å²) in [6, 6.07) is 7.02. The summed E-state index contributed by atoms with van der Waals surface area (Å²) in [5.74, 6) is -1.06. The molecule has 7 heteroatoms. The van der Waals surface area contributed by atoms with Crippen molar-refractivity contribution in [3.63, 3.8) is 0 Å². The van der Waals surface area contributed by atoms with Crippen LogP contribution in [0, 0.1) is 6.92 Å². The molecule has 0 unspecified atom stereocenters. The predicted octanol–water partition coefficient (Wildman–Crippen LogP) is 3.76. The van der Waals surface area contributed by atoms with Crippen molar-refractivity contribution in [2.45, 2.75) is 39.5 Å². The first-order valence-electron chi connectivity index (χ1n) is 10.4. The van der Waals surface area contributed by atoms with Gasteiger partial charge in [0.25, 0.3) is 11.7 Å². The van der Waals surface area contributed by atoms with Crippen molar-refractivity contribution in [1.82, 2.24) is 9.88 Å². The van der Waals surface area contributed by atoms with Gasteiger partial charge < -0.3 is 19.4 Å². The van der Waals surface area contributed by atoms with Crippen molar-refractivity contribution in [2.24, 2.45) is 0 Å². The predicted molar refractivity (Wildman–Crippen MR) is 113 cm³/mol. The van der Waals surface area contributed by atoms with Crippen LogP contribution >= 0.6 is 0 Å². The van der Waals surface area contributed by atoms with Crippen LogP contribution < -0.4 is 4.74 Å². The standard InChI is InChI=1S/C23H28N2O5/c1-4-30-23(28)18-15(2)24-20(19(18)16-9-11-17(29-3)12-10-16)21(26)22(27)25-13-7-5-6-8-14-25/h9-12,24H,4-8,13-14H2,1-3H3. The molecule has 0 atom stereocenters. The largest absolute Gasteiger partial charge is 0.497 e. The number of esters is 1. The fourth-order valence-electron chi connectivity index (χ4n) is 3.82. The van der Waals surface area contributed by atoms with Crippen molar-refractivity contribution in [3.05, 3.63) is 41.2 Å². The lowest BCUT2D eigenvalue weighted by molar-refractivity contribution is -0.126. The summed E-state index contributed by atoms with van der Waals surface area (Å²) in [5.41, 5.74) is 1.91. The maximum Gasteiger partial charge on any atom is 0.340 e. The van der Waals surface area contributed by atoms with E-state index in [1.165, 1.54) is 0 Å². The molecule has 3 rings (SSSR count). The van der Waals surface area contributed by atoms with Gasteiger partial charge in [0, 0.05) is 24.3 Å². The molecular weight excluding hydrogens is 384 g/mol. The zero-order valence-electron chi connectivity index (χ0n) is 17.7. The molecule has 0 saturated carbocycles. The Balaban J connectivity index is 2.06. The number of hydrogen-bond donors (Lipinski definition) is 1. The third-order valence-corrected chi connectivity index (χ3v) is 5.36. The average Bonchev–Trinajstić information content (AvgIpc) is 2.92. The Morgan fingerprint density at radius 1 is 1.03 bits per heavy atom. The molecule has 2 heterocycles. The molecule has 30 heavy (non-hydrogen) atoms. The highest BCUT2D eigenvalue weighted by molar-refractivity contribution is 6.43. The number of H-pyrrole nitrogens is 1. The lowest BCUT2D eigenvalue weighted by Crippen LogP contribution is -2.37. The molecule has 1 aliphatic rings. The number of likely N-dealkylation sites (tertiary alicyclic amines) is 1. The summed E-state index contributed by atoms with van der Waals surface area (Å²) in [6.07, 6.45) is 3.90. The van der Waals surface area contributed by atoms with Crippen LogP contribution in [0.5, 0.6) is 5.75 Å². The van der Waals surface area contributed by atoms with E-state index in [9.17, 15) is 14.4 Å². The second kappa shape index (κ2) is 9.61. The first-order chi connectivity index (χ1) is 14.5. The maximum atomic E-state index is 13.2. The summed E-state index contributed by atoms with van der Waals surface area (Å²) >= 11 is 0. The van der Waals surface area contributed by atoms with Crippen molar-refractivity contribution in [2.75, 3.05) is 26.8 Å². The number of ether oxygens (including phenoxy) is 2. The van der Waals surface area contributed by atoms with Crippen molar-refractivity contribution in [1.29, 1.82) is 0 Å². The van der Waals surface area contributed by atoms with Crippen LogP contribution in [0.1, 0.15) is 59.1 Å². The Kier molecular flexibility index (Phi) is 6.92. The van der Waals surface area contributed by atoms with Crippen molar-refractivity contribution >= 4 is 17.7 Å². The van der Waals surface area contributed by atoms with Gasteiger partial charge in [-0.25, -0.2) is 4.79 Å². The number of nitrogens with zero attached hydrogens (tertiary/aromatic N) is 1. The molecule has 0 spiro atoms. The molecule has 1 aromatic carbocycles. The fraction of sp³-hybridized carbons (Fsp3) is 0.435. The molecule has 160 valence electrons. The van der Waals surface area contributed by atoms with Gasteiger partial charge in [0.15, 0.2) is 0 Å². The van der Waals surface area contributed by atoms with E-state index in [0.29, 0.717) is 35.7 Å². The molecule has 1 N–H and O–H groups in total. The molecule has 1 aliphatic heterocycles. The minimum absolute atomic E-state index is 0.120. The minimum atomic E-state index is -0.638. The Morgan fingerprint density at radius 2 is 1.67 bits per heavy atom. The lowest BCUT2D eigenvalue weighted by Gasteiger charge is -2.19. The van der Waals surface area contributed by atoms with Gasteiger partial charge in [-0.1, -0.05) is 25.0 Å². The second-order valence-corrected chi connectivity index (χ2v) is 7.36. The fourth-order valence-corrected chi connectivity index (χ4v) is 3.82. The van der Waals surface area contributed by atoms with Gasteiger partial charge >= 0.3 is 5.97 Å². The number of aromatic amines is 1. The first-order valence-corrected chi connectivity index (χ1v) is 10.4. The minimum Gasteiger partial charge on any atom is -0.497 e. The Morgan fingerprint density at radius 3 is 2.23 bits per heavy atom. The molecule has 2 aromatic rings. The van der Waals surface area contributed by atoms with E-state index in [0.717, 1.165) is 25.7 Å². The number of rotatable bonds is 6. The van der Waals surface area contributed by atoms with E-state index in [4.69, 9.17) is 9.47 Å². The molecular formula is C23H28N2O5. The van der Waals surface area contributed by atoms with Crippen LogP contribution in [0.3, 0.4) is 0 Å². The van der Waals surface area contributed by atoms with Crippen LogP contribution in [0.15, 0.2) is 24.3 Å². The zero-order chi connectivity index (χ0) is 21.7. The number of aryl methyl sites for hydroxylation is 1. The normalized spacial score (nSPS) is 14.2. The quantitative estimate of drug-likeness (QED) is 0.443. The highest BCUT2D eigenvalue weighted by Crippen LogP contribution is 2.33. The molecule has 1 aromatic heterocycles. The number of aromatic nitrogens is 1. The van der Waals surface area contributed by atoms with E-state index in [2.05, 4.69) is 4.98 Å². The molecule has 1 amide bonds. The third kappa shape index (κ3) is 4.40. The molecule has 1 fully saturated rings. The number of Topliss-reactive ketones (excluding diaryl/α,β-unsaturated/α-hetero) is 1. The Bertz CT molecular complexity index is 922. The summed E-state index contributed by atoms with van der Waals surface area (Å²) in [5, 5.41) is 0. The molecule has 0 radical (unpaired) electrons. The summed E-state index contributed by atoms with van der Waals surface area (Å²) < 4.78 is 10.4. The van der Waals surface area contributed by atoms with E-state index < -0.39 is 17.7 Å². The van der Waals surface area contributed by atoms with Crippen LogP contribution in [0.2, 0.25) is 0 Å². The van der Waals surface area contributed by atoms with E-state index in [1.807, 2.05) is 0 Å². The highest BCUT2D eigenvalue weighted by Gasteiger charge is 2.32. The van der Waals surface area contributed by atoms with Gasteiger partial charge in [0.1, 0.15) is 11.4 Å². The topological polar surface area (TPSA) is 88.7 Å². The first kappa shape index (κ1) is 21.6. The van der Waals surface area contributed by atoms with Gasteiger partial charge in [-0.05, 0) is 44.4 Å². The summed E-state index contributed by atoms with van der Waals surface area (Å²) in [4.78, 5) is 43.5. The Hall–Kier alpha value is -3.09. The van der Waals surface area contributed by atoms with E-state index >= 15 is 0 Å². The van der Waals surface area contributed by atoms with Crippen LogP contribution in [-0.4, -0.2) is 54.3 Å². The second-order valence-electron chi connectivity index (χ2n) is 7.36. The van der Waals surface area contributed by atoms with E-state index in [1.54, 1.807) is 50.1 Å². The van der Waals surface area contributed by atoms with Gasteiger partial charge in [0.05, 0.1) is 19.3 Å². The monoisotopic (exact) mass is 412 g/mol. The number of hydrogen-bond acceptors (Lipinski definition) is 5. The van der Waals surface area contributed by atoms with Gasteiger partial charge in [-0.3, -0.25) is 9.59 Å². The van der Waals surface area contributed by atoms with E-state index in [-0.39, 0.29) is 17.9 Å². The van der Waals surface area contributed by atoms with Gasteiger partial charge in [-0.15, -0.1) is 0 Å². The number of ketones is 1. The number of carbonyl (C=O) groups excluding carboxylic acids is 3. The SMILES string of the molecule is CCOC(=O)c1c(C)[nH]c(C(=O)C(=O)N2CCCCCC2)c1-c1ccc(OC)cc1. The lowest BCUT2D eigenvalue weighted by atomic mass is 9.98. The third-order valence-electron chi connectivity index (χ3n) is 5.36. The summed E-state index contributed by atoms with van der Waals surface area (Å²) in [7, 11) is 1.56. The average molecular weight is 412 g/mol. The molecule has 7 nitrogen and oxygen atoms in total. The molecule has 0 bridgehead atoms. The number of methoxy groups -OCH3 is 1. The summed E-state index contributed by atoms with van der Waals surface area (Å²) in [6.45, 7) is 4.79. The zero-order valence-corrected chi connectivity index (χ0v) is 17.7. The smallest absolute Gasteiger partial charge is 0.340 e. The maximum absolute atomic E-state index is 13.2. The Labute approximate surface area is 176 Å². The highest BCUT2D eigenvalue weighted by atomic mass is 16.5.